The second-order valence-corrected chi connectivity index (χ2v) is 9.94. The van der Waals surface area contributed by atoms with Crippen molar-refractivity contribution in [2.75, 3.05) is 18.0 Å². The molecule has 2 aliphatic rings. The average Bonchev–Trinajstić information content (AvgIpc) is 3.65. The molecule has 1 aliphatic carbocycles. The van der Waals surface area contributed by atoms with E-state index in [-0.39, 0.29) is 24.2 Å². The third kappa shape index (κ3) is 4.31. The number of nitrogens with zero attached hydrogens (tertiary/aromatic N) is 8. The predicted molar refractivity (Wildman–Crippen MR) is 135 cm³/mol. The molecular formula is C26H34N8O. The molecule has 5 rings (SSSR count). The molecule has 3 aromatic rings. The molecule has 0 bridgehead atoms. The molecule has 0 N–H and O–H groups in total. The molecule has 2 fully saturated rings. The van der Waals surface area contributed by atoms with Crippen LogP contribution in [0.5, 0.6) is 0 Å². The van der Waals surface area contributed by atoms with E-state index in [2.05, 4.69) is 46.6 Å². The SMILES string of the molecule is CC[C@H]1CN([C@H](C)c2cnc(C3CC3)nc2)[C@H](CC)CN1c1cc(=O)n(C)c2cn(CC#N)nc12. The van der Waals surface area contributed by atoms with Crippen molar-refractivity contribution in [2.24, 2.45) is 7.05 Å². The van der Waals surface area contributed by atoms with Crippen molar-refractivity contribution in [3.8, 4) is 6.07 Å². The molecule has 0 radical (unpaired) electrons. The van der Waals surface area contributed by atoms with Crippen molar-refractivity contribution in [3.63, 3.8) is 0 Å². The zero-order valence-corrected chi connectivity index (χ0v) is 21.1. The van der Waals surface area contributed by atoms with Crippen molar-refractivity contribution in [1.29, 1.82) is 5.26 Å². The Balaban J connectivity index is 1.46. The van der Waals surface area contributed by atoms with Gasteiger partial charge in [0.05, 0.1) is 23.5 Å². The summed E-state index contributed by atoms with van der Waals surface area (Å²) in [5.74, 6) is 1.54. The van der Waals surface area contributed by atoms with Crippen LogP contribution in [0.4, 0.5) is 5.69 Å². The summed E-state index contributed by atoms with van der Waals surface area (Å²) in [5.41, 5.74) is 3.50. The lowest BCUT2D eigenvalue weighted by Gasteiger charge is -2.49. The normalized spacial score (nSPS) is 21.9. The Bertz CT molecular complexity index is 1300. The number of hydrogen-bond acceptors (Lipinski definition) is 7. The Kier molecular flexibility index (Phi) is 6.32. The van der Waals surface area contributed by atoms with Crippen LogP contribution in [0.15, 0.2) is 29.5 Å². The smallest absolute Gasteiger partial charge is 0.252 e. The number of fused-ring (bicyclic) bond motifs is 1. The fraction of sp³-hybridized carbons (Fsp3) is 0.577. The lowest BCUT2D eigenvalue weighted by atomic mass is 9.97. The van der Waals surface area contributed by atoms with E-state index in [0.29, 0.717) is 12.0 Å². The van der Waals surface area contributed by atoms with Crippen molar-refractivity contribution in [3.05, 3.63) is 46.4 Å². The Morgan fingerprint density at radius 2 is 1.86 bits per heavy atom. The first kappa shape index (κ1) is 23.5. The van der Waals surface area contributed by atoms with Crippen LogP contribution in [-0.2, 0) is 13.6 Å². The first-order valence-corrected chi connectivity index (χ1v) is 12.7. The van der Waals surface area contributed by atoms with Gasteiger partial charge >= 0.3 is 0 Å². The first-order chi connectivity index (χ1) is 16.9. The maximum Gasteiger partial charge on any atom is 0.252 e. The van der Waals surface area contributed by atoms with Gasteiger partial charge in [-0.05, 0) is 32.6 Å². The number of anilines is 1. The minimum atomic E-state index is -0.0596. The molecule has 4 heterocycles. The van der Waals surface area contributed by atoms with Gasteiger partial charge in [-0.25, -0.2) is 9.97 Å². The lowest BCUT2D eigenvalue weighted by Crippen LogP contribution is -2.58. The van der Waals surface area contributed by atoms with Crippen LogP contribution in [0.2, 0.25) is 0 Å². The Morgan fingerprint density at radius 1 is 1.14 bits per heavy atom. The molecular weight excluding hydrogens is 440 g/mol. The minimum absolute atomic E-state index is 0.0596. The van der Waals surface area contributed by atoms with Crippen LogP contribution in [0.3, 0.4) is 0 Å². The van der Waals surface area contributed by atoms with Gasteiger partial charge in [0, 0.05) is 68.2 Å². The van der Waals surface area contributed by atoms with Crippen LogP contribution in [0.1, 0.15) is 69.8 Å². The molecule has 9 heteroatoms. The Morgan fingerprint density at radius 3 is 2.49 bits per heavy atom. The summed E-state index contributed by atoms with van der Waals surface area (Å²) in [6.07, 6.45) is 10.2. The monoisotopic (exact) mass is 474 g/mol. The highest BCUT2D eigenvalue weighted by Gasteiger charge is 2.36. The minimum Gasteiger partial charge on any atom is -0.364 e. The topological polar surface area (TPSA) is 95.9 Å². The Hall–Kier alpha value is -3.25. The van der Waals surface area contributed by atoms with E-state index in [4.69, 9.17) is 10.4 Å². The highest BCUT2D eigenvalue weighted by atomic mass is 16.1. The van der Waals surface area contributed by atoms with Crippen LogP contribution < -0.4 is 10.5 Å². The fourth-order valence-corrected chi connectivity index (χ4v) is 5.37. The molecule has 1 saturated carbocycles. The molecule has 0 amide bonds. The van der Waals surface area contributed by atoms with Crippen molar-refractivity contribution in [1.82, 2.24) is 29.2 Å². The van der Waals surface area contributed by atoms with Gasteiger partial charge in [-0.2, -0.15) is 10.4 Å². The highest BCUT2D eigenvalue weighted by molar-refractivity contribution is 5.88. The molecule has 9 nitrogen and oxygen atoms in total. The quantitative estimate of drug-likeness (QED) is 0.518. The molecule has 35 heavy (non-hydrogen) atoms. The molecule has 3 aromatic heterocycles. The maximum absolute atomic E-state index is 12.9. The number of hydrogen-bond donors (Lipinski definition) is 0. The van der Waals surface area contributed by atoms with Crippen molar-refractivity contribution >= 4 is 16.7 Å². The summed E-state index contributed by atoms with van der Waals surface area (Å²) in [4.78, 5) is 27.1. The van der Waals surface area contributed by atoms with Crippen molar-refractivity contribution < 1.29 is 0 Å². The van der Waals surface area contributed by atoms with Gasteiger partial charge < -0.3 is 9.47 Å². The summed E-state index contributed by atoms with van der Waals surface area (Å²) in [5, 5.41) is 13.8. The molecule has 1 saturated heterocycles. The molecule has 1 aliphatic heterocycles. The number of pyridine rings is 1. The van der Waals surface area contributed by atoms with E-state index in [1.807, 2.05) is 12.4 Å². The van der Waals surface area contributed by atoms with E-state index >= 15 is 0 Å². The number of aromatic nitrogens is 5. The zero-order chi connectivity index (χ0) is 24.7. The number of nitriles is 1. The van der Waals surface area contributed by atoms with Crippen LogP contribution >= 0.6 is 0 Å². The second-order valence-electron chi connectivity index (χ2n) is 9.94. The second kappa shape index (κ2) is 9.42. The molecule has 0 aromatic carbocycles. The number of piperazine rings is 1. The summed E-state index contributed by atoms with van der Waals surface area (Å²) in [7, 11) is 1.76. The highest BCUT2D eigenvalue weighted by Crippen LogP contribution is 2.38. The summed E-state index contributed by atoms with van der Waals surface area (Å²) in [6.45, 7) is 8.53. The van der Waals surface area contributed by atoms with Crippen LogP contribution in [0.25, 0.3) is 11.0 Å². The molecule has 3 atom stereocenters. The van der Waals surface area contributed by atoms with Crippen LogP contribution in [0, 0.1) is 11.3 Å². The van der Waals surface area contributed by atoms with E-state index in [0.717, 1.165) is 54.0 Å². The maximum atomic E-state index is 12.9. The van der Waals surface area contributed by atoms with E-state index in [1.165, 1.54) is 12.8 Å². The number of aryl methyl sites for hydroxylation is 1. The third-order valence-corrected chi connectivity index (χ3v) is 7.77. The van der Waals surface area contributed by atoms with Gasteiger partial charge in [0.15, 0.2) is 0 Å². The standard InChI is InChI=1S/C26H34N8O/c1-5-20-15-34(22-11-24(35)31(4)23-16-32(10-9-27)30-25(22)23)21(6-2)14-33(20)17(3)19-12-28-26(29-13-19)18-7-8-18/h11-13,16-18,20-21H,5-8,10,14-15H2,1-4H3/t17-,20-,21+/m1/s1. The third-order valence-electron chi connectivity index (χ3n) is 7.77. The van der Waals surface area contributed by atoms with Gasteiger partial charge in [0.2, 0.25) is 0 Å². The van der Waals surface area contributed by atoms with E-state index < -0.39 is 0 Å². The summed E-state index contributed by atoms with van der Waals surface area (Å²) < 4.78 is 3.23. The fourth-order valence-electron chi connectivity index (χ4n) is 5.37. The van der Waals surface area contributed by atoms with Gasteiger partial charge in [0.25, 0.3) is 5.56 Å². The summed E-state index contributed by atoms with van der Waals surface area (Å²) >= 11 is 0. The Labute approximate surface area is 206 Å². The zero-order valence-electron chi connectivity index (χ0n) is 21.1. The molecule has 0 spiro atoms. The van der Waals surface area contributed by atoms with Crippen molar-refractivity contribution in [2.45, 2.75) is 77.0 Å². The first-order valence-electron chi connectivity index (χ1n) is 12.7. The van der Waals surface area contributed by atoms with Gasteiger partial charge in [-0.1, -0.05) is 13.8 Å². The number of rotatable bonds is 7. The van der Waals surface area contributed by atoms with Crippen LogP contribution in [-0.4, -0.2) is 54.4 Å². The summed E-state index contributed by atoms with van der Waals surface area (Å²) in [6, 6.07) is 4.62. The van der Waals surface area contributed by atoms with Gasteiger partial charge in [-0.15, -0.1) is 0 Å². The predicted octanol–water partition coefficient (Wildman–Crippen LogP) is 3.37. The van der Waals surface area contributed by atoms with E-state index in [9.17, 15) is 4.79 Å². The largest absolute Gasteiger partial charge is 0.364 e. The van der Waals surface area contributed by atoms with E-state index in [1.54, 1.807) is 28.6 Å². The van der Waals surface area contributed by atoms with Gasteiger partial charge in [0.1, 0.15) is 17.9 Å². The average molecular weight is 475 g/mol. The lowest BCUT2D eigenvalue weighted by molar-refractivity contribution is 0.101. The molecule has 184 valence electrons. The molecule has 0 unspecified atom stereocenters. The van der Waals surface area contributed by atoms with Gasteiger partial charge in [-0.3, -0.25) is 14.4 Å².